The number of nitrogens with zero attached hydrogens (tertiary/aromatic N) is 2. The number of hydrogen-bond acceptors (Lipinski definition) is 4. The van der Waals surface area contributed by atoms with Crippen molar-refractivity contribution in [1.29, 1.82) is 0 Å². The van der Waals surface area contributed by atoms with E-state index < -0.39 is 12.2 Å². The number of carbonyl (C=O) groups excluding carboxylic acids is 2. The Morgan fingerprint density at radius 1 is 1.00 bits per heavy atom. The van der Waals surface area contributed by atoms with Crippen LogP contribution in [0, 0.1) is 6.92 Å². The third-order valence-corrected chi connectivity index (χ3v) is 2.66. The fourth-order valence-electron chi connectivity index (χ4n) is 1.53. The average molecular weight is 292 g/mol. The van der Waals surface area contributed by atoms with E-state index >= 15 is 0 Å². The van der Waals surface area contributed by atoms with Crippen molar-refractivity contribution in [3.05, 3.63) is 29.8 Å². The molecular formula is C15H20N2O4. The molecule has 1 aromatic carbocycles. The second-order valence-electron chi connectivity index (χ2n) is 4.56. The molecule has 6 heteroatoms. The number of benzene rings is 1. The summed E-state index contributed by atoms with van der Waals surface area (Å²) in [4.78, 5) is 22.5. The van der Waals surface area contributed by atoms with Crippen molar-refractivity contribution in [2.45, 2.75) is 39.5 Å². The Bertz CT molecular complexity index is 483. The Morgan fingerprint density at radius 3 is 2.33 bits per heavy atom. The summed E-state index contributed by atoms with van der Waals surface area (Å²) >= 11 is 0. The van der Waals surface area contributed by atoms with Gasteiger partial charge in [0, 0.05) is 0 Å². The van der Waals surface area contributed by atoms with Crippen molar-refractivity contribution in [2.75, 3.05) is 6.61 Å². The van der Waals surface area contributed by atoms with Gasteiger partial charge < -0.3 is 9.47 Å². The summed E-state index contributed by atoms with van der Waals surface area (Å²) in [6.45, 7) is 4.30. The summed E-state index contributed by atoms with van der Waals surface area (Å²) in [7, 11) is 0. The Labute approximate surface area is 124 Å². The lowest BCUT2D eigenvalue weighted by Gasteiger charge is -2.01. The summed E-state index contributed by atoms with van der Waals surface area (Å²) in [5, 5.41) is 6.29. The minimum atomic E-state index is -0.957. The van der Waals surface area contributed by atoms with Gasteiger partial charge in [-0.05, 0) is 25.5 Å². The van der Waals surface area contributed by atoms with Gasteiger partial charge in [0.25, 0.3) is 0 Å². The Balaban J connectivity index is 2.26. The highest BCUT2D eigenvalue weighted by molar-refractivity contribution is 5.74. The largest absolute Gasteiger partial charge is 0.458 e. The van der Waals surface area contributed by atoms with Crippen LogP contribution in [0.1, 0.15) is 38.2 Å². The lowest BCUT2D eigenvalue weighted by Crippen LogP contribution is -2.04. The Morgan fingerprint density at radius 2 is 1.67 bits per heavy atom. The second kappa shape index (κ2) is 9.63. The fraction of sp³-hybridized carbons (Fsp3) is 0.467. The van der Waals surface area contributed by atoms with Gasteiger partial charge in [0.15, 0.2) is 0 Å². The molecule has 0 aliphatic rings. The molecule has 0 aliphatic carbocycles. The van der Waals surface area contributed by atoms with Gasteiger partial charge in [-0.15, -0.1) is 0 Å². The van der Waals surface area contributed by atoms with E-state index in [1.807, 2.05) is 6.92 Å². The lowest BCUT2D eigenvalue weighted by atomic mass is 10.2. The molecule has 114 valence electrons. The number of carbonyl (C=O) groups is 2. The van der Waals surface area contributed by atoms with Gasteiger partial charge in [0.05, 0.1) is 6.61 Å². The molecule has 0 aromatic heterocycles. The topological polar surface area (TPSA) is 77.3 Å². The predicted molar refractivity (Wildman–Crippen MR) is 77.5 cm³/mol. The number of unbranched alkanes of at least 4 members (excludes halogenated alkanes) is 3. The van der Waals surface area contributed by atoms with Crippen LogP contribution >= 0.6 is 0 Å². The summed E-state index contributed by atoms with van der Waals surface area (Å²) in [6, 6.07) is 6.86. The van der Waals surface area contributed by atoms with E-state index in [1.165, 1.54) is 0 Å². The number of azo groups is 1. The van der Waals surface area contributed by atoms with Gasteiger partial charge >= 0.3 is 12.2 Å². The molecule has 0 atom stereocenters. The fourth-order valence-corrected chi connectivity index (χ4v) is 1.53. The van der Waals surface area contributed by atoms with Crippen LogP contribution in [-0.4, -0.2) is 18.8 Å². The molecular weight excluding hydrogens is 272 g/mol. The van der Waals surface area contributed by atoms with E-state index in [4.69, 9.17) is 9.47 Å². The molecule has 0 unspecified atom stereocenters. The highest BCUT2D eigenvalue weighted by Gasteiger charge is 2.05. The van der Waals surface area contributed by atoms with Crippen LogP contribution in [0.25, 0.3) is 0 Å². The maximum atomic E-state index is 11.3. The van der Waals surface area contributed by atoms with E-state index in [1.54, 1.807) is 24.3 Å². The molecule has 0 heterocycles. The second-order valence-corrected chi connectivity index (χ2v) is 4.56. The zero-order valence-corrected chi connectivity index (χ0v) is 12.4. The summed E-state index contributed by atoms with van der Waals surface area (Å²) in [5.74, 6) is 0.345. The summed E-state index contributed by atoms with van der Waals surface area (Å²) < 4.78 is 9.67. The van der Waals surface area contributed by atoms with Crippen LogP contribution in [-0.2, 0) is 4.74 Å². The third-order valence-electron chi connectivity index (χ3n) is 2.66. The molecule has 0 saturated heterocycles. The Kier molecular flexibility index (Phi) is 7.71. The molecule has 0 aliphatic heterocycles. The van der Waals surface area contributed by atoms with Gasteiger partial charge in [0.2, 0.25) is 0 Å². The normalized spacial score (nSPS) is 10.6. The first-order valence-electron chi connectivity index (χ1n) is 6.98. The molecule has 0 N–H and O–H groups in total. The van der Waals surface area contributed by atoms with Crippen molar-refractivity contribution in [2.24, 2.45) is 10.2 Å². The number of ether oxygens (including phenoxy) is 2. The first kappa shape index (κ1) is 16.8. The monoisotopic (exact) mass is 292 g/mol. The molecule has 0 bridgehead atoms. The van der Waals surface area contributed by atoms with Crippen molar-refractivity contribution in [3.8, 4) is 5.75 Å². The van der Waals surface area contributed by atoms with E-state index in [0.717, 1.165) is 31.2 Å². The maximum Gasteiger partial charge on any atom is 0.458 e. The van der Waals surface area contributed by atoms with Gasteiger partial charge in [-0.25, -0.2) is 9.59 Å². The van der Waals surface area contributed by atoms with Gasteiger partial charge in [-0.2, -0.15) is 0 Å². The van der Waals surface area contributed by atoms with Gasteiger partial charge in [0.1, 0.15) is 5.75 Å². The summed E-state index contributed by atoms with van der Waals surface area (Å²) in [5.41, 5.74) is 1.04. The minimum absolute atomic E-state index is 0.283. The molecule has 1 rings (SSSR count). The first-order valence-corrected chi connectivity index (χ1v) is 6.98. The molecule has 6 nitrogen and oxygen atoms in total. The smallest absolute Gasteiger partial charge is 0.447 e. The maximum absolute atomic E-state index is 11.3. The van der Waals surface area contributed by atoms with E-state index in [-0.39, 0.29) is 6.61 Å². The van der Waals surface area contributed by atoms with Crippen molar-refractivity contribution < 1.29 is 19.1 Å². The molecule has 0 saturated carbocycles. The quantitative estimate of drug-likeness (QED) is 0.564. The van der Waals surface area contributed by atoms with E-state index in [2.05, 4.69) is 17.2 Å². The number of aryl methyl sites for hydroxylation is 1. The SMILES string of the molecule is CCCCCCOC(=O)N=NC(=O)Oc1ccc(C)cc1. The molecule has 0 spiro atoms. The number of amides is 2. The van der Waals surface area contributed by atoms with Crippen LogP contribution in [0.5, 0.6) is 5.75 Å². The zero-order chi connectivity index (χ0) is 15.5. The van der Waals surface area contributed by atoms with Crippen LogP contribution in [0.15, 0.2) is 34.5 Å². The first-order chi connectivity index (χ1) is 10.1. The average Bonchev–Trinajstić information content (AvgIpc) is 2.47. The van der Waals surface area contributed by atoms with Gasteiger partial charge in [-0.3, -0.25) is 0 Å². The molecule has 0 radical (unpaired) electrons. The van der Waals surface area contributed by atoms with Gasteiger partial charge in [-0.1, -0.05) is 54.1 Å². The highest BCUT2D eigenvalue weighted by Crippen LogP contribution is 2.12. The standard InChI is InChI=1S/C15H20N2O4/c1-3-4-5-6-11-20-14(18)16-17-15(19)21-13-9-7-12(2)8-10-13/h7-10H,3-6,11H2,1-2H3. The number of rotatable bonds is 6. The third kappa shape index (κ3) is 7.81. The molecule has 1 aromatic rings. The zero-order valence-electron chi connectivity index (χ0n) is 12.4. The van der Waals surface area contributed by atoms with Crippen molar-refractivity contribution >= 4 is 12.2 Å². The molecule has 2 amide bonds. The molecule has 21 heavy (non-hydrogen) atoms. The van der Waals surface area contributed by atoms with E-state index in [9.17, 15) is 9.59 Å². The number of hydrogen-bond donors (Lipinski definition) is 0. The highest BCUT2D eigenvalue weighted by atomic mass is 16.6. The minimum Gasteiger partial charge on any atom is -0.447 e. The van der Waals surface area contributed by atoms with Crippen LogP contribution in [0.2, 0.25) is 0 Å². The lowest BCUT2D eigenvalue weighted by molar-refractivity contribution is 0.152. The van der Waals surface area contributed by atoms with Crippen LogP contribution < -0.4 is 4.74 Å². The Hall–Kier alpha value is -2.24. The molecule has 0 fully saturated rings. The van der Waals surface area contributed by atoms with Crippen molar-refractivity contribution in [3.63, 3.8) is 0 Å². The van der Waals surface area contributed by atoms with Crippen LogP contribution in [0.3, 0.4) is 0 Å². The van der Waals surface area contributed by atoms with Crippen LogP contribution in [0.4, 0.5) is 9.59 Å². The van der Waals surface area contributed by atoms with E-state index in [0.29, 0.717) is 5.75 Å². The summed E-state index contributed by atoms with van der Waals surface area (Å²) in [6.07, 6.45) is 2.15. The van der Waals surface area contributed by atoms with Crippen molar-refractivity contribution in [1.82, 2.24) is 0 Å². The predicted octanol–water partition coefficient (Wildman–Crippen LogP) is 4.66.